The smallest absolute Gasteiger partial charge is 0.221 e. The van der Waals surface area contributed by atoms with Crippen molar-refractivity contribution in [3.8, 4) is 0 Å². The number of piperidine rings is 1. The summed E-state index contributed by atoms with van der Waals surface area (Å²) in [4.78, 5) is 14.0. The fourth-order valence-corrected chi connectivity index (χ4v) is 4.68. The molecule has 0 unspecified atom stereocenters. The molecular formula is C25H30FN3O. The number of hydrogen-bond donors (Lipinski definition) is 1. The van der Waals surface area contributed by atoms with Gasteiger partial charge in [0.2, 0.25) is 5.91 Å². The summed E-state index contributed by atoms with van der Waals surface area (Å²) in [5.74, 6) is -0.212. The number of hydrogen-bond acceptors (Lipinski definition) is 2. The molecule has 1 aliphatic rings. The molecule has 0 radical (unpaired) electrons. The van der Waals surface area contributed by atoms with E-state index in [9.17, 15) is 9.18 Å². The minimum atomic E-state index is -0.169. The maximum Gasteiger partial charge on any atom is 0.221 e. The largest absolute Gasteiger partial charge is 0.342 e. The molecule has 0 atom stereocenters. The maximum absolute atomic E-state index is 13.0. The number of nitrogens with one attached hydrogen (secondary N) is 1. The molecule has 1 fully saturated rings. The Labute approximate surface area is 177 Å². The molecule has 158 valence electrons. The molecule has 2 heterocycles. The van der Waals surface area contributed by atoms with Gasteiger partial charge >= 0.3 is 0 Å². The Bertz CT molecular complexity index is 1020. The summed E-state index contributed by atoms with van der Waals surface area (Å²) < 4.78 is 15.5. The van der Waals surface area contributed by atoms with Gasteiger partial charge in [-0.25, -0.2) is 4.39 Å². The van der Waals surface area contributed by atoms with Crippen molar-refractivity contribution in [1.29, 1.82) is 0 Å². The normalized spacial score (nSPS) is 15.6. The van der Waals surface area contributed by atoms with Crippen LogP contribution in [-0.2, 0) is 11.2 Å². The van der Waals surface area contributed by atoms with Crippen molar-refractivity contribution >= 4 is 22.5 Å². The number of halogens is 1. The van der Waals surface area contributed by atoms with Crippen LogP contribution in [0.25, 0.3) is 10.9 Å². The molecule has 1 saturated heterocycles. The summed E-state index contributed by atoms with van der Waals surface area (Å²) >= 11 is 0. The molecular weight excluding hydrogens is 377 g/mol. The van der Waals surface area contributed by atoms with Gasteiger partial charge in [-0.2, -0.15) is 0 Å². The zero-order chi connectivity index (χ0) is 21.1. The van der Waals surface area contributed by atoms with Crippen LogP contribution < -0.4 is 5.32 Å². The van der Waals surface area contributed by atoms with E-state index >= 15 is 0 Å². The molecule has 0 saturated carbocycles. The highest BCUT2D eigenvalue weighted by atomic mass is 19.1. The molecule has 3 aromatic rings. The molecule has 1 N–H and O–H groups in total. The summed E-state index contributed by atoms with van der Waals surface area (Å²) in [5.41, 5.74) is 4.54. The van der Waals surface area contributed by atoms with E-state index in [1.165, 1.54) is 22.2 Å². The number of benzene rings is 2. The Kier molecular flexibility index (Phi) is 6.18. The fourth-order valence-electron chi connectivity index (χ4n) is 4.68. The van der Waals surface area contributed by atoms with Crippen LogP contribution in [0.4, 0.5) is 10.1 Å². The number of carbonyl (C=O) groups is 1. The summed E-state index contributed by atoms with van der Waals surface area (Å²) in [6.07, 6.45) is 4.35. The number of aryl methyl sites for hydroxylation is 2. The Morgan fingerprint density at radius 3 is 2.53 bits per heavy atom. The summed E-state index contributed by atoms with van der Waals surface area (Å²) in [6.45, 7) is 6.99. The first-order valence-corrected chi connectivity index (χ1v) is 10.9. The van der Waals surface area contributed by atoms with Crippen LogP contribution in [0.5, 0.6) is 0 Å². The molecule has 4 rings (SSSR count). The van der Waals surface area contributed by atoms with Crippen LogP contribution in [0, 0.1) is 12.7 Å². The third-order valence-electron chi connectivity index (χ3n) is 6.13. The standard InChI is InChI=1S/C25H30FN3O/c1-18-16-21-7-10-23(27-19(2)30)17-25(21)29(18)24-11-14-28(15-12-24)13-3-4-20-5-8-22(26)9-6-20/h5-10,16-17,24H,3-4,11-15H2,1-2H3,(H,27,30). The predicted octanol–water partition coefficient (Wildman–Crippen LogP) is 5.32. The average molecular weight is 408 g/mol. The van der Waals surface area contributed by atoms with Gasteiger partial charge in [0.25, 0.3) is 0 Å². The maximum atomic E-state index is 13.0. The molecule has 1 amide bonds. The minimum Gasteiger partial charge on any atom is -0.342 e. The first-order valence-electron chi connectivity index (χ1n) is 10.9. The highest BCUT2D eigenvalue weighted by Gasteiger charge is 2.22. The highest BCUT2D eigenvalue weighted by molar-refractivity contribution is 5.92. The molecule has 0 spiro atoms. The van der Waals surface area contributed by atoms with Gasteiger partial charge in [-0.3, -0.25) is 4.79 Å². The molecule has 0 aliphatic carbocycles. The highest BCUT2D eigenvalue weighted by Crippen LogP contribution is 2.31. The number of fused-ring (bicyclic) bond motifs is 1. The van der Waals surface area contributed by atoms with E-state index in [0.29, 0.717) is 6.04 Å². The lowest BCUT2D eigenvalue weighted by atomic mass is 10.0. The number of nitrogens with zero attached hydrogens (tertiary/aromatic N) is 2. The summed E-state index contributed by atoms with van der Waals surface area (Å²) in [6, 6.07) is 15.7. The molecule has 1 aromatic heterocycles. The quantitative estimate of drug-likeness (QED) is 0.601. The van der Waals surface area contributed by atoms with E-state index in [4.69, 9.17) is 0 Å². The Morgan fingerprint density at radius 1 is 1.10 bits per heavy atom. The second kappa shape index (κ2) is 9.00. The molecule has 1 aliphatic heterocycles. The monoisotopic (exact) mass is 407 g/mol. The van der Waals surface area contributed by atoms with Crippen molar-refractivity contribution in [2.45, 2.75) is 45.6 Å². The summed E-state index contributed by atoms with van der Waals surface area (Å²) in [7, 11) is 0. The first-order chi connectivity index (χ1) is 14.5. The van der Waals surface area contributed by atoms with Gasteiger partial charge in [0.1, 0.15) is 5.82 Å². The average Bonchev–Trinajstić information content (AvgIpc) is 3.05. The number of carbonyl (C=O) groups excluding carboxylic acids is 1. The van der Waals surface area contributed by atoms with Crippen molar-refractivity contribution in [3.05, 3.63) is 65.6 Å². The third-order valence-corrected chi connectivity index (χ3v) is 6.13. The second-order valence-electron chi connectivity index (χ2n) is 8.41. The van der Waals surface area contributed by atoms with Crippen molar-refractivity contribution < 1.29 is 9.18 Å². The van der Waals surface area contributed by atoms with Crippen LogP contribution in [0.2, 0.25) is 0 Å². The molecule has 0 bridgehead atoms. The predicted molar refractivity (Wildman–Crippen MR) is 120 cm³/mol. The SMILES string of the molecule is CC(=O)Nc1ccc2cc(C)n(C3CCN(CCCc4ccc(F)cc4)CC3)c2c1. The number of amides is 1. The third kappa shape index (κ3) is 4.73. The fraction of sp³-hybridized carbons (Fsp3) is 0.400. The zero-order valence-electron chi connectivity index (χ0n) is 17.8. The molecule has 4 nitrogen and oxygen atoms in total. The Balaban J connectivity index is 1.36. The van der Waals surface area contributed by atoms with Gasteiger partial charge in [0.15, 0.2) is 0 Å². The van der Waals surface area contributed by atoms with Gasteiger partial charge in [-0.05, 0) is 75.0 Å². The van der Waals surface area contributed by atoms with Crippen LogP contribution in [0.1, 0.15) is 43.5 Å². The minimum absolute atomic E-state index is 0.0434. The van der Waals surface area contributed by atoms with Crippen molar-refractivity contribution in [1.82, 2.24) is 9.47 Å². The van der Waals surface area contributed by atoms with E-state index in [0.717, 1.165) is 51.0 Å². The lowest BCUT2D eigenvalue weighted by Crippen LogP contribution is -2.35. The van der Waals surface area contributed by atoms with E-state index in [2.05, 4.69) is 39.9 Å². The number of rotatable bonds is 6. The van der Waals surface area contributed by atoms with Crippen LogP contribution in [0.15, 0.2) is 48.5 Å². The van der Waals surface area contributed by atoms with Crippen molar-refractivity contribution in [2.75, 3.05) is 25.0 Å². The van der Waals surface area contributed by atoms with Gasteiger partial charge in [0.05, 0.1) is 5.52 Å². The molecule has 2 aromatic carbocycles. The summed E-state index contributed by atoms with van der Waals surface area (Å²) in [5, 5.41) is 4.13. The van der Waals surface area contributed by atoms with E-state index in [1.54, 1.807) is 19.1 Å². The molecule has 30 heavy (non-hydrogen) atoms. The Hall–Kier alpha value is -2.66. The van der Waals surface area contributed by atoms with E-state index < -0.39 is 0 Å². The number of anilines is 1. The Morgan fingerprint density at radius 2 is 1.83 bits per heavy atom. The number of likely N-dealkylation sites (tertiary alicyclic amines) is 1. The van der Waals surface area contributed by atoms with Gasteiger partial charge in [0, 0.05) is 42.8 Å². The van der Waals surface area contributed by atoms with Crippen LogP contribution >= 0.6 is 0 Å². The lowest BCUT2D eigenvalue weighted by molar-refractivity contribution is -0.114. The first kappa shape index (κ1) is 20.6. The zero-order valence-corrected chi connectivity index (χ0v) is 17.8. The van der Waals surface area contributed by atoms with Gasteiger partial charge in [-0.1, -0.05) is 18.2 Å². The topological polar surface area (TPSA) is 37.3 Å². The van der Waals surface area contributed by atoms with Crippen molar-refractivity contribution in [3.63, 3.8) is 0 Å². The van der Waals surface area contributed by atoms with Crippen LogP contribution in [0.3, 0.4) is 0 Å². The van der Waals surface area contributed by atoms with Gasteiger partial charge < -0.3 is 14.8 Å². The second-order valence-corrected chi connectivity index (χ2v) is 8.41. The van der Waals surface area contributed by atoms with E-state index in [-0.39, 0.29) is 11.7 Å². The van der Waals surface area contributed by atoms with Crippen molar-refractivity contribution in [2.24, 2.45) is 0 Å². The van der Waals surface area contributed by atoms with E-state index in [1.807, 2.05) is 18.2 Å². The van der Waals surface area contributed by atoms with Crippen LogP contribution in [-0.4, -0.2) is 35.0 Å². The van der Waals surface area contributed by atoms with Gasteiger partial charge in [-0.15, -0.1) is 0 Å². The lowest BCUT2D eigenvalue weighted by Gasteiger charge is -2.34. The number of aromatic nitrogens is 1. The molecule has 5 heteroatoms.